The second kappa shape index (κ2) is 6.47. The molecule has 0 heterocycles. The van der Waals surface area contributed by atoms with Gasteiger partial charge in [0.05, 0.1) is 0 Å². The smallest absolute Gasteiger partial charge is 0.120 e. The Bertz CT molecular complexity index is 355. The van der Waals surface area contributed by atoms with E-state index in [2.05, 4.69) is 24.2 Å². The van der Waals surface area contributed by atoms with Gasteiger partial charge < -0.3 is 20.4 Å². The molecule has 0 aliphatic carbocycles. The summed E-state index contributed by atoms with van der Waals surface area (Å²) in [5, 5.41) is 22.4. The summed E-state index contributed by atoms with van der Waals surface area (Å²) in [4.78, 5) is 2.21. The molecule has 0 spiro atoms. The number of likely N-dealkylation sites (N-methyl/N-ethyl adjacent to an activating group) is 1. The van der Waals surface area contributed by atoms with Gasteiger partial charge in [0, 0.05) is 24.7 Å². The van der Waals surface area contributed by atoms with Crippen LogP contribution >= 0.6 is 0 Å². The summed E-state index contributed by atoms with van der Waals surface area (Å²) in [5.74, 6) is 0.392. The number of hydrogen-bond donors (Lipinski definition) is 3. The highest BCUT2D eigenvalue weighted by Crippen LogP contribution is 2.27. The van der Waals surface area contributed by atoms with Crippen LogP contribution in [-0.2, 0) is 0 Å². The SMILES string of the molecule is CCN(C)CCNC(C)c1cc(O)ccc1O. The molecule has 1 unspecified atom stereocenters. The Kier molecular flexibility index (Phi) is 5.25. The van der Waals surface area contributed by atoms with Crippen molar-refractivity contribution in [2.45, 2.75) is 19.9 Å². The number of phenolic OH excluding ortho intramolecular Hbond substituents is 2. The third-order valence-electron chi connectivity index (χ3n) is 2.96. The van der Waals surface area contributed by atoms with Crippen LogP contribution in [0.4, 0.5) is 0 Å². The van der Waals surface area contributed by atoms with Gasteiger partial charge in [0.1, 0.15) is 11.5 Å². The summed E-state index contributed by atoms with van der Waals surface area (Å²) in [5.41, 5.74) is 0.726. The van der Waals surface area contributed by atoms with E-state index in [0.717, 1.165) is 25.2 Å². The largest absolute Gasteiger partial charge is 0.508 e. The first kappa shape index (κ1) is 13.8. The highest BCUT2D eigenvalue weighted by Gasteiger charge is 2.10. The first-order valence-corrected chi connectivity index (χ1v) is 5.98. The van der Waals surface area contributed by atoms with Crippen molar-refractivity contribution in [3.8, 4) is 11.5 Å². The van der Waals surface area contributed by atoms with Crippen LogP contribution in [0.2, 0.25) is 0 Å². The molecule has 0 bridgehead atoms. The zero-order valence-corrected chi connectivity index (χ0v) is 10.8. The van der Waals surface area contributed by atoms with Crippen molar-refractivity contribution >= 4 is 0 Å². The van der Waals surface area contributed by atoms with E-state index in [0.29, 0.717) is 0 Å². The predicted octanol–water partition coefficient (Wildman–Crippen LogP) is 1.70. The number of hydrogen-bond acceptors (Lipinski definition) is 4. The molecule has 0 saturated carbocycles. The first-order valence-electron chi connectivity index (χ1n) is 5.98. The molecule has 0 radical (unpaired) electrons. The Balaban J connectivity index is 2.52. The molecule has 4 heteroatoms. The van der Waals surface area contributed by atoms with E-state index in [-0.39, 0.29) is 17.5 Å². The molecule has 0 aromatic heterocycles. The summed E-state index contributed by atoms with van der Waals surface area (Å²) in [7, 11) is 2.07. The molecule has 1 atom stereocenters. The van der Waals surface area contributed by atoms with Crippen LogP contribution in [0, 0.1) is 0 Å². The zero-order valence-electron chi connectivity index (χ0n) is 10.8. The van der Waals surface area contributed by atoms with Crippen molar-refractivity contribution in [2.75, 3.05) is 26.7 Å². The fourth-order valence-electron chi connectivity index (χ4n) is 1.63. The third-order valence-corrected chi connectivity index (χ3v) is 2.96. The number of rotatable bonds is 6. The molecule has 0 amide bonds. The molecule has 1 aromatic rings. The highest BCUT2D eigenvalue weighted by molar-refractivity contribution is 5.40. The van der Waals surface area contributed by atoms with Crippen LogP contribution in [0.25, 0.3) is 0 Å². The van der Waals surface area contributed by atoms with Gasteiger partial charge in [-0.25, -0.2) is 0 Å². The number of benzene rings is 1. The van der Waals surface area contributed by atoms with E-state index in [1.54, 1.807) is 6.07 Å². The van der Waals surface area contributed by atoms with E-state index in [1.165, 1.54) is 12.1 Å². The lowest BCUT2D eigenvalue weighted by molar-refractivity contribution is 0.340. The maximum Gasteiger partial charge on any atom is 0.120 e. The monoisotopic (exact) mass is 238 g/mol. The highest BCUT2D eigenvalue weighted by atomic mass is 16.3. The standard InChI is InChI=1S/C13H22N2O2/c1-4-15(3)8-7-14-10(2)12-9-11(16)5-6-13(12)17/h5-6,9-10,14,16-17H,4,7-8H2,1-3H3. The minimum atomic E-state index is 0.0207. The zero-order chi connectivity index (χ0) is 12.8. The second-order valence-electron chi connectivity index (χ2n) is 4.31. The number of nitrogens with one attached hydrogen (secondary N) is 1. The molecule has 17 heavy (non-hydrogen) atoms. The molecular formula is C13H22N2O2. The van der Waals surface area contributed by atoms with Crippen LogP contribution in [-0.4, -0.2) is 41.8 Å². The van der Waals surface area contributed by atoms with Crippen LogP contribution in [0.5, 0.6) is 11.5 Å². The third kappa shape index (κ3) is 4.24. The van der Waals surface area contributed by atoms with E-state index < -0.39 is 0 Å². The van der Waals surface area contributed by atoms with Gasteiger partial charge in [0.2, 0.25) is 0 Å². The van der Waals surface area contributed by atoms with E-state index in [9.17, 15) is 10.2 Å². The lowest BCUT2D eigenvalue weighted by atomic mass is 10.1. The summed E-state index contributed by atoms with van der Waals surface area (Å²) in [6, 6.07) is 4.61. The normalized spacial score (nSPS) is 12.9. The van der Waals surface area contributed by atoms with E-state index >= 15 is 0 Å². The molecule has 1 rings (SSSR count). The summed E-state index contributed by atoms with van der Waals surface area (Å²) >= 11 is 0. The van der Waals surface area contributed by atoms with Crippen molar-refractivity contribution in [3.63, 3.8) is 0 Å². The molecular weight excluding hydrogens is 216 g/mol. The number of nitrogens with zero attached hydrogens (tertiary/aromatic N) is 1. The Labute approximate surface area is 103 Å². The van der Waals surface area contributed by atoms with Crippen molar-refractivity contribution in [1.29, 1.82) is 0 Å². The van der Waals surface area contributed by atoms with Gasteiger partial charge in [-0.05, 0) is 38.7 Å². The van der Waals surface area contributed by atoms with Crippen molar-refractivity contribution in [3.05, 3.63) is 23.8 Å². The minimum Gasteiger partial charge on any atom is -0.508 e. The van der Waals surface area contributed by atoms with Gasteiger partial charge >= 0.3 is 0 Å². The van der Waals surface area contributed by atoms with Crippen molar-refractivity contribution < 1.29 is 10.2 Å². The summed E-state index contributed by atoms with van der Waals surface area (Å²) < 4.78 is 0. The first-order chi connectivity index (χ1) is 8.04. The topological polar surface area (TPSA) is 55.7 Å². The molecule has 0 aliphatic rings. The van der Waals surface area contributed by atoms with Gasteiger partial charge in [-0.2, -0.15) is 0 Å². The molecule has 0 fully saturated rings. The fraction of sp³-hybridized carbons (Fsp3) is 0.538. The Hall–Kier alpha value is -1.26. The molecule has 0 aliphatic heterocycles. The molecule has 3 N–H and O–H groups in total. The summed E-state index contributed by atoms with van der Waals surface area (Å²) in [6.07, 6.45) is 0. The fourth-order valence-corrected chi connectivity index (χ4v) is 1.63. The molecule has 96 valence electrons. The Morgan fingerprint density at radius 1 is 1.35 bits per heavy atom. The minimum absolute atomic E-state index is 0.0207. The van der Waals surface area contributed by atoms with Crippen LogP contribution in [0.1, 0.15) is 25.5 Å². The van der Waals surface area contributed by atoms with Crippen LogP contribution < -0.4 is 5.32 Å². The van der Waals surface area contributed by atoms with Gasteiger partial charge in [-0.3, -0.25) is 0 Å². The quantitative estimate of drug-likeness (QED) is 0.660. The van der Waals surface area contributed by atoms with Crippen LogP contribution in [0.3, 0.4) is 0 Å². The molecule has 1 aromatic carbocycles. The maximum absolute atomic E-state index is 9.70. The van der Waals surface area contributed by atoms with Crippen LogP contribution in [0.15, 0.2) is 18.2 Å². The predicted molar refractivity (Wildman–Crippen MR) is 69.4 cm³/mol. The van der Waals surface area contributed by atoms with Gasteiger partial charge in [0.15, 0.2) is 0 Å². The average Bonchev–Trinajstić information content (AvgIpc) is 2.31. The summed E-state index contributed by atoms with van der Waals surface area (Å²) in [6.45, 7) is 6.92. The van der Waals surface area contributed by atoms with E-state index in [1.807, 2.05) is 6.92 Å². The second-order valence-corrected chi connectivity index (χ2v) is 4.31. The Morgan fingerprint density at radius 2 is 2.06 bits per heavy atom. The van der Waals surface area contributed by atoms with Gasteiger partial charge in [0.25, 0.3) is 0 Å². The average molecular weight is 238 g/mol. The lowest BCUT2D eigenvalue weighted by Crippen LogP contribution is -2.30. The number of aromatic hydroxyl groups is 2. The molecule has 0 saturated heterocycles. The lowest BCUT2D eigenvalue weighted by Gasteiger charge is -2.19. The van der Waals surface area contributed by atoms with Gasteiger partial charge in [-0.1, -0.05) is 6.92 Å². The molecule has 4 nitrogen and oxygen atoms in total. The van der Waals surface area contributed by atoms with Gasteiger partial charge in [-0.15, -0.1) is 0 Å². The van der Waals surface area contributed by atoms with Crippen molar-refractivity contribution in [2.24, 2.45) is 0 Å². The Morgan fingerprint density at radius 3 is 2.71 bits per heavy atom. The number of phenols is 2. The van der Waals surface area contributed by atoms with Crippen molar-refractivity contribution in [1.82, 2.24) is 10.2 Å². The van der Waals surface area contributed by atoms with E-state index in [4.69, 9.17) is 0 Å². The maximum atomic E-state index is 9.70.